The van der Waals surface area contributed by atoms with Crippen LogP contribution in [-0.4, -0.2) is 62.9 Å². The van der Waals surface area contributed by atoms with Gasteiger partial charge in [-0.3, -0.25) is 9.69 Å². The summed E-state index contributed by atoms with van der Waals surface area (Å²) in [5.74, 6) is 0.496. The maximum atomic E-state index is 12.5. The number of hydrogen-bond donors (Lipinski definition) is 1. The largest absolute Gasteiger partial charge is 0.381 e. The first-order valence-corrected chi connectivity index (χ1v) is 9.26. The Morgan fingerprint density at radius 3 is 2.74 bits per heavy atom. The van der Waals surface area contributed by atoms with Gasteiger partial charge in [-0.05, 0) is 41.1 Å². The Kier molecular flexibility index (Phi) is 6.27. The molecule has 2 saturated heterocycles. The van der Waals surface area contributed by atoms with E-state index in [1.807, 2.05) is 24.3 Å². The van der Waals surface area contributed by atoms with Crippen molar-refractivity contribution in [1.82, 2.24) is 10.2 Å². The van der Waals surface area contributed by atoms with Crippen LogP contribution in [0, 0.1) is 9.49 Å². The molecule has 0 saturated carbocycles. The van der Waals surface area contributed by atoms with Crippen LogP contribution in [0.15, 0.2) is 24.3 Å². The van der Waals surface area contributed by atoms with Crippen LogP contribution >= 0.6 is 22.6 Å². The summed E-state index contributed by atoms with van der Waals surface area (Å²) in [6.45, 7) is 5.69. The van der Waals surface area contributed by atoms with Crippen molar-refractivity contribution in [3.8, 4) is 0 Å². The molecular weight excluding hydrogens is 407 g/mol. The number of carbonyl (C=O) groups is 1. The van der Waals surface area contributed by atoms with Crippen LogP contribution in [-0.2, 0) is 9.47 Å². The summed E-state index contributed by atoms with van der Waals surface area (Å²) in [4.78, 5) is 14.9. The summed E-state index contributed by atoms with van der Waals surface area (Å²) >= 11 is 2.21. The molecule has 0 aromatic heterocycles. The molecule has 126 valence electrons. The van der Waals surface area contributed by atoms with Crippen LogP contribution in [0.25, 0.3) is 0 Å². The van der Waals surface area contributed by atoms with Gasteiger partial charge >= 0.3 is 0 Å². The summed E-state index contributed by atoms with van der Waals surface area (Å²) in [6.07, 6.45) is 1.07. The predicted molar refractivity (Wildman–Crippen MR) is 96.6 cm³/mol. The summed E-state index contributed by atoms with van der Waals surface area (Å²) < 4.78 is 12.0. The van der Waals surface area contributed by atoms with Crippen LogP contribution in [0.1, 0.15) is 16.8 Å². The average Bonchev–Trinajstić information content (AvgIpc) is 3.10. The molecule has 2 atom stereocenters. The summed E-state index contributed by atoms with van der Waals surface area (Å²) in [6, 6.07) is 8.01. The summed E-state index contributed by atoms with van der Waals surface area (Å²) in [5.41, 5.74) is 0.747. The van der Waals surface area contributed by atoms with Gasteiger partial charge in [-0.1, -0.05) is 12.1 Å². The zero-order valence-corrected chi connectivity index (χ0v) is 15.3. The Morgan fingerprint density at radius 2 is 2.04 bits per heavy atom. The van der Waals surface area contributed by atoms with Crippen LogP contribution in [0.5, 0.6) is 0 Å². The van der Waals surface area contributed by atoms with Crippen molar-refractivity contribution in [2.45, 2.75) is 12.5 Å². The number of amides is 1. The molecular formula is C17H23IN2O3. The van der Waals surface area contributed by atoms with Crippen LogP contribution in [0.3, 0.4) is 0 Å². The van der Waals surface area contributed by atoms with Gasteiger partial charge < -0.3 is 14.8 Å². The Hall–Kier alpha value is -0.700. The van der Waals surface area contributed by atoms with Crippen molar-refractivity contribution in [2.75, 3.05) is 46.1 Å². The van der Waals surface area contributed by atoms with E-state index in [0.29, 0.717) is 18.5 Å². The molecule has 5 nitrogen and oxygen atoms in total. The molecule has 1 amide bonds. The first-order valence-electron chi connectivity index (χ1n) is 8.18. The van der Waals surface area contributed by atoms with Gasteiger partial charge in [0.1, 0.15) is 0 Å². The minimum Gasteiger partial charge on any atom is -0.381 e. The number of carbonyl (C=O) groups excluding carboxylic acids is 1. The second kappa shape index (κ2) is 8.41. The van der Waals surface area contributed by atoms with E-state index in [1.165, 1.54) is 0 Å². The number of nitrogens with one attached hydrogen (secondary N) is 1. The summed E-state index contributed by atoms with van der Waals surface area (Å²) in [7, 11) is 0. The highest BCUT2D eigenvalue weighted by molar-refractivity contribution is 14.1. The Morgan fingerprint density at radius 1 is 1.26 bits per heavy atom. The molecule has 2 unspecified atom stereocenters. The number of nitrogens with zero attached hydrogens (tertiary/aromatic N) is 1. The molecule has 6 heteroatoms. The first kappa shape index (κ1) is 17.1. The van der Waals surface area contributed by atoms with Crippen molar-refractivity contribution in [3.05, 3.63) is 33.4 Å². The topological polar surface area (TPSA) is 50.8 Å². The number of hydrogen-bond acceptors (Lipinski definition) is 4. The van der Waals surface area contributed by atoms with E-state index in [1.54, 1.807) is 0 Å². The molecule has 2 heterocycles. The molecule has 1 N–H and O–H groups in total. The lowest BCUT2D eigenvalue weighted by molar-refractivity contribution is 0.00166. The van der Waals surface area contributed by atoms with E-state index < -0.39 is 0 Å². The predicted octanol–water partition coefficient (Wildman–Crippen LogP) is 1.76. The zero-order valence-electron chi connectivity index (χ0n) is 13.2. The lowest BCUT2D eigenvalue weighted by Gasteiger charge is -2.37. The molecule has 2 fully saturated rings. The molecule has 0 radical (unpaired) electrons. The third-order valence-electron chi connectivity index (χ3n) is 4.61. The van der Waals surface area contributed by atoms with Crippen molar-refractivity contribution in [2.24, 2.45) is 5.92 Å². The summed E-state index contributed by atoms with van der Waals surface area (Å²) in [5, 5.41) is 3.13. The molecule has 2 aliphatic rings. The standard InChI is InChI=1S/C17H23IN2O3/c18-15-4-2-1-3-14(15)17(21)19-11-16(13-5-8-23-12-13)20-6-9-22-10-7-20/h1-4,13,16H,5-12H2,(H,19,21). The SMILES string of the molecule is O=C(NCC(C1CCOC1)N1CCOCC1)c1ccccc1I. The van der Waals surface area contributed by atoms with Gasteiger partial charge in [0.05, 0.1) is 25.4 Å². The van der Waals surface area contributed by atoms with E-state index in [2.05, 4.69) is 32.8 Å². The molecule has 0 bridgehead atoms. The van der Waals surface area contributed by atoms with Gasteiger partial charge in [0.2, 0.25) is 0 Å². The van der Waals surface area contributed by atoms with Gasteiger partial charge in [0, 0.05) is 41.8 Å². The van der Waals surface area contributed by atoms with Crippen molar-refractivity contribution >= 4 is 28.5 Å². The van der Waals surface area contributed by atoms with E-state index in [-0.39, 0.29) is 5.91 Å². The van der Waals surface area contributed by atoms with Crippen LogP contribution in [0.2, 0.25) is 0 Å². The Bertz CT molecular complexity index is 528. The smallest absolute Gasteiger partial charge is 0.252 e. The minimum atomic E-state index is 0.00664. The lowest BCUT2D eigenvalue weighted by Crippen LogP contribution is -2.52. The van der Waals surface area contributed by atoms with Gasteiger partial charge in [0.15, 0.2) is 0 Å². The highest BCUT2D eigenvalue weighted by atomic mass is 127. The number of morpholine rings is 1. The number of rotatable bonds is 5. The van der Waals surface area contributed by atoms with Crippen molar-refractivity contribution < 1.29 is 14.3 Å². The molecule has 1 aromatic carbocycles. The fourth-order valence-corrected chi connectivity index (χ4v) is 3.93. The average molecular weight is 430 g/mol. The number of benzene rings is 1. The third-order valence-corrected chi connectivity index (χ3v) is 5.55. The van der Waals surface area contributed by atoms with E-state index in [0.717, 1.165) is 55.1 Å². The van der Waals surface area contributed by atoms with Gasteiger partial charge in [-0.25, -0.2) is 0 Å². The monoisotopic (exact) mass is 430 g/mol. The molecule has 0 spiro atoms. The van der Waals surface area contributed by atoms with Crippen LogP contribution in [0.4, 0.5) is 0 Å². The second-order valence-electron chi connectivity index (χ2n) is 6.03. The maximum Gasteiger partial charge on any atom is 0.252 e. The lowest BCUT2D eigenvalue weighted by atomic mass is 9.96. The highest BCUT2D eigenvalue weighted by Gasteiger charge is 2.31. The number of halogens is 1. The van der Waals surface area contributed by atoms with Crippen LogP contribution < -0.4 is 5.32 Å². The molecule has 1 aromatic rings. The zero-order chi connectivity index (χ0) is 16.1. The van der Waals surface area contributed by atoms with E-state index in [9.17, 15) is 4.79 Å². The van der Waals surface area contributed by atoms with E-state index in [4.69, 9.17) is 9.47 Å². The van der Waals surface area contributed by atoms with Gasteiger partial charge in [-0.2, -0.15) is 0 Å². The van der Waals surface area contributed by atoms with Crippen molar-refractivity contribution in [1.29, 1.82) is 0 Å². The molecule has 0 aliphatic carbocycles. The molecule has 3 rings (SSSR count). The maximum absolute atomic E-state index is 12.5. The molecule has 2 aliphatic heterocycles. The normalized spacial score (nSPS) is 23.6. The Balaban J connectivity index is 1.63. The third kappa shape index (κ3) is 4.43. The highest BCUT2D eigenvalue weighted by Crippen LogP contribution is 2.22. The quantitative estimate of drug-likeness (QED) is 0.724. The second-order valence-corrected chi connectivity index (χ2v) is 7.19. The number of ether oxygens (including phenoxy) is 2. The van der Waals surface area contributed by atoms with Crippen molar-refractivity contribution in [3.63, 3.8) is 0 Å². The Labute approximate surface area is 150 Å². The fraction of sp³-hybridized carbons (Fsp3) is 0.588. The molecule has 23 heavy (non-hydrogen) atoms. The van der Waals surface area contributed by atoms with E-state index >= 15 is 0 Å². The minimum absolute atomic E-state index is 0.00664. The fourth-order valence-electron chi connectivity index (χ4n) is 3.30. The van der Waals surface area contributed by atoms with Gasteiger partial charge in [-0.15, -0.1) is 0 Å². The first-order chi connectivity index (χ1) is 11.3. The van der Waals surface area contributed by atoms with Gasteiger partial charge in [0.25, 0.3) is 5.91 Å².